The lowest BCUT2D eigenvalue weighted by Gasteiger charge is -2.50. The van der Waals surface area contributed by atoms with Crippen molar-refractivity contribution in [3.8, 4) is 17.2 Å². The zero-order valence-electron chi connectivity index (χ0n) is 27.7. The van der Waals surface area contributed by atoms with Crippen LogP contribution in [0.2, 0.25) is 0 Å². The molecule has 5 rings (SSSR count). The van der Waals surface area contributed by atoms with E-state index < -0.39 is 30.7 Å². The molecule has 2 amide bonds. The molecule has 0 aliphatic heterocycles. The summed E-state index contributed by atoms with van der Waals surface area (Å²) in [5, 5.41) is 12.4. The summed E-state index contributed by atoms with van der Waals surface area (Å²) in [6, 6.07) is 8.72. The number of nitrogens with two attached hydrogens (primary N) is 2. The number of nitrogen functional groups attached to an aromatic ring is 1. The number of rotatable bonds is 13. The van der Waals surface area contributed by atoms with E-state index in [1.807, 2.05) is 6.07 Å². The van der Waals surface area contributed by atoms with Gasteiger partial charge in [-0.3, -0.25) is 9.36 Å². The molecule has 2 saturated carbocycles. The molecule has 0 heterocycles. The van der Waals surface area contributed by atoms with Gasteiger partial charge >= 0.3 is 12.1 Å². The number of esters is 1. The maximum atomic E-state index is 12.7. The van der Waals surface area contributed by atoms with Gasteiger partial charge in [0.15, 0.2) is 5.75 Å². The van der Waals surface area contributed by atoms with E-state index in [1.54, 1.807) is 13.3 Å². The Kier molecular flexibility index (Phi) is 10.9. The Morgan fingerprint density at radius 3 is 2.56 bits per heavy atom. The Morgan fingerprint density at radius 2 is 1.81 bits per heavy atom. The molecular weight excluding hydrogens is 641 g/mol. The molecule has 0 saturated heterocycles. The number of primary amides is 1. The van der Waals surface area contributed by atoms with Crippen LogP contribution in [0.25, 0.3) is 0 Å². The minimum absolute atomic E-state index is 0.0681. The number of aryl methyl sites for hydroxylation is 1. The van der Waals surface area contributed by atoms with Crippen molar-refractivity contribution in [3.05, 3.63) is 47.0 Å². The van der Waals surface area contributed by atoms with Gasteiger partial charge in [-0.05, 0) is 91.7 Å². The summed E-state index contributed by atoms with van der Waals surface area (Å²) in [5.74, 6) is 0.00561. The normalized spacial score (nSPS) is 24.5. The van der Waals surface area contributed by atoms with Gasteiger partial charge in [-0.1, -0.05) is 13.0 Å². The van der Waals surface area contributed by atoms with Crippen LogP contribution in [0.3, 0.4) is 0 Å². The number of carbonyl (C=O) groups is 3. The molecule has 3 aliphatic rings. The number of anilines is 1. The lowest BCUT2D eigenvalue weighted by atomic mass is 9.55. The van der Waals surface area contributed by atoms with Crippen molar-refractivity contribution in [1.82, 2.24) is 5.32 Å². The van der Waals surface area contributed by atoms with Crippen molar-refractivity contribution in [1.29, 1.82) is 0 Å². The van der Waals surface area contributed by atoms with Crippen LogP contribution in [0, 0.1) is 17.3 Å². The predicted molar refractivity (Wildman–Crippen MR) is 178 cm³/mol. The fourth-order valence-electron chi connectivity index (χ4n) is 7.86. The van der Waals surface area contributed by atoms with Crippen molar-refractivity contribution in [2.75, 3.05) is 52.0 Å². The zero-order chi connectivity index (χ0) is 34.6. The Bertz CT molecular complexity index is 1580. The largest absolute Gasteiger partial charge is 0.505 e. The smallest absolute Gasteiger partial charge is 0.412 e. The second-order valence-electron chi connectivity index (χ2n) is 13.4. The van der Waals surface area contributed by atoms with Gasteiger partial charge in [0.2, 0.25) is 7.37 Å². The predicted octanol–water partition coefficient (Wildman–Crippen LogP) is 4.58. The molecule has 2 aromatic carbocycles. The molecule has 48 heavy (non-hydrogen) atoms. The highest BCUT2D eigenvalue weighted by Gasteiger charge is 2.56. The number of fused-ring (bicyclic) bond motifs is 5. The second-order valence-corrected chi connectivity index (χ2v) is 16.1. The summed E-state index contributed by atoms with van der Waals surface area (Å²) in [6.07, 6.45) is 4.94. The van der Waals surface area contributed by atoms with Gasteiger partial charge < -0.3 is 45.4 Å². The first-order valence-corrected chi connectivity index (χ1v) is 18.9. The van der Waals surface area contributed by atoms with Gasteiger partial charge in [0.05, 0.1) is 25.5 Å². The third-order valence-electron chi connectivity index (χ3n) is 9.94. The average Bonchev–Trinajstić information content (AvgIpc) is 3.34. The monoisotopic (exact) mass is 687 g/mol. The fraction of sp³-hybridized carbons (Fsp3) is 0.559. The number of benzene rings is 2. The Labute approximate surface area is 280 Å². The first kappa shape index (κ1) is 35.5. The molecular formula is C34H46N3O10P. The van der Waals surface area contributed by atoms with E-state index in [9.17, 15) is 24.1 Å². The molecule has 262 valence electrons. The number of nitrogens with one attached hydrogen (secondary N) is 1. The molecule has 0 aromatic heterocycles. The lowest BCUT2D eigenvalue weighted by Crippen LogP contribution is -2.45. The molecule has 13 nitrogen and oxygen atoms in total. The number of amides is 2. The van der Waals surface area contributed by atoms with Gasteiger partial charge in [-0.2, -0.15) is 0 Å². The van der Waals surface area contributed by atoms with Crippen LogP contribution in [0.15, 0.2) is 30.3 Å². The van der Waals surface area contributed by atoms with E-state index in [0.29, 0.717) is 23.5 Å². The zero-order valence-corrected chi connectivity index (χ0v) is 28.6. The van der Waals surface area contributed by atoms with Crippen LogP contribution in [0.5, 0.6) is 17.2 Å². The van der Waals surface area contributed by atoms with E-state index in [2.05, 4.69) is 24.4 Å². The van der Waals surface area contributed by atoms with E-state index >= 15 is 0 Å². The SMILES string of the molecule is CC12CCC3c4ccc(OP(C)(C)=O)cc4CCC3C1CCC2OC(=O)COCCOCCNC(=O)Oc1ccc(N)c(O)c1C(N)=O. The topological polar surface area (TPSA) is 199 Å². The number of hydrogen-bond donors (Lipinski definition) is 4. The van der Waals surface area contributed by atoms with Gasteiger partial charge in [-0.25, -0.2) is 9.59 Å². The lowest BCUT2D eigenvalue weighted by molar-refractivity contribution is -0.163. The van der Waals surface area contributed by atoms with Crippen molar-refractivity contribution in [2.24, 2.45) is 23.0 Å². The van der Waals surface area contributed by atoms with Crippen molar-refractivity contribution in [3.63, 3.8) is 0 Å². The molecule has 2 aromatic rings. The highest BCUT2D eigenvalue weighted by atomic mass is 31.2. The van der Waals surface area contributed by atoms with Crippen molar-refractivity contribution in [2.45, 2.75) is 57.5 Å². The molecule has 0 radical (unpaired) electrons. The minimum Gasteiger partial charge on any atom is -0.505 e. The van der Waals surface area contributed by atoms with Gasteiger partial charge in [0.1, 0.15) is 29.8 Å². The van der Waals surface area contributed by atoms with Crippen LogP contribution >= 0.6 is 7.37 Å². The number of carbonyl (C=O) groups excluding carboxylic acids is 3. The van der Waals surface area contributed by atoms with Crippen molar-refractivity contribution >= 4 is 31.0 Å². The summed E-state index contributed by atoms with van der Waals surface area (Å²) in [6.45, 7) is 5.96. The molecule has 14 heteroatoms. The molecule has 0 spiro atoms. The third-order valence-corrected chi connectivity index (χ3v) is 10.6. The van der Waals surface area contributed by atoms with Crippen LogP contribution in [-0.4, -0.2) is 75.5 Å². The average molecular weight is 688 g/mol. The highest BCUT2D eigenvalue weighted by Crippen LogP contribution is 2.61. The summed E-state index contributed by atoms with van der Waals surface area (Å²) in [5.41, 5.74) is 12.9. The summed E-state index contributed by atoms with van der Waals surface area (Å²) >= 11 is 0. The summed E-state index contributed by atoms with van der Waals surface area (Å²) < 4.78 is 39.8. The maximum absolute atomic E-state index is 12.7. The number of ether oxygens (including phenoxy) is 4. The molecule has 5 atom stereocenters. The van der Waals surface area contributed by atoms with Crippen molar-refractivity contribution < 1.29 is 47.5 Å². The number of phenols is 1. The van der Waals surface area contributed by atoms with Gasteiger partial charge in [-0.15, -0.1) is 0 Å². The van der Waals surface area contributed by atoms with E-state index in [4.69, 9.17) is 34.9 Å². The molecule has 3 aliphatic carbocycles. The highest BCUT2D eigenvalue weighted by molar-refractivity contribution is 7.57. The first-order valence-electron chi connectivity index (χ1n) is 16.4. The maximum Gasteiger partial charge on any atom is 0.412 e. The Hall–Kier alpha value is -3.80. The minimum atomic E-state index is -2.62. The number of aromatic hydroxyl groups is 1. The van der Waals surface area contributed by atoms with E-state index in [0.717, 1.165) is 38.5 Å². The van der Waals surface area contributed by atoms with Crippen LogP contribution in [0.1, 0.15) is 66.4 Å². The second kappa shape index (κ2) is 14.8. The standard InChI is InChI=1S/C34H46N3O10P/c1-34-13-12-23-22-7-5-21(47-48(2,3)42)18-20(22)4-6-24(23)25(34)8-11-28(34)46-29(38)19-44-17-16-43-15-14-37-33(41)45-27-10-9-26(35)31(39)30(27)32(36)40/h5,7,9-10,18,23-25,28,39H,4,6,8,11-17,19,35H2,1-3H3,(H2,36,40)(H,37,41). The summed E-state index contributed by atoms with van der Waals surface area (Å²) in [7, 11) is -2.62. The Morgan fingerprint density at radius 1 is 1.04 bits per heavy atom. The van der Waals surface area contributed by atoms with Crippen LogP contribution in [-0.2, 0) is 30.0 Å². The fourth-order valence-corrected chi connectivity index (χ4v) is 8.48. The Balaban J connectivity index is 0.994. The molecule has 6 N–H and O–H groups in total. The van der Waals surface area contributed by atoms with E-state index in [-0.39, 0.29) is 61.9 Å². The first-order chi connectivity index (χ1) is 22.8. The van der Waals surface area contributed by atoms with Crippen LogP contribution < -0.4 is 26.0 Å². The van der Waals surface area contributed by atoms with Crippen LogP contribution in [0.4, 0.5) is 10.5 Å². The molecule has 0 bridgehead atoms. The third kappa shape index (κ3) is 8.07. The number of hydrogen-bond acceptors (Lipinski definition) is 11. The molecule has 2 fully saturated rings. The van der Waals surface area contributed by atoms with Gasteiger partial charge in [0.25, 0.3) is 5.91 Å². The van der Waals surface area contributed by atoms with Gasteiger partial charge in [0, 0.05) is 25.3 Å². The quantitative estimate of drug-likeness (QED) is 0.0756. The molecule has 5 unspecified atom stereocenters. The van der Waals surface area contributed by atoms with E-state index in [1.165, 1.54) is 23.3 Å². The summed E-state index contributed by atoms with van der Waals surface area (Å²) in [4.78, 5) is 36.4.